The first kappa shape index (κ1) is 24.8. The number of aromatic nitrogens is 1. The summed E-state index contributed by atoms with van der Waals surface area (Å²) in [5, 5.41) is 0. The van der Waals surface area contributed by atoms with Crippen LogP contribution in [0.15, 0.2) is 52.9 Å². The lowest BCUT2D eigenvalue weighted by Gasteiger charge is -2.28. The molecular weight excluding hydrogens is 446 g/mol. The second-order valence-corrected chi connectivity index (χ2v) is 8.80. The maximum absolute atomic E-state index is 12.1. The van der Waals surface area contributed by atoms with Crippen LogP contribution in [0.5, 0.6) is 5.75 Å². The van der Waals surface area contributed by atoms with E-state index in [4.69, 9.17) is 24.4 Å². The first-order valence-electron chi connectivity index (χ1n) is 12.0. The average Bonchev–Trinajstić information content (AvgIpc) is 3.24. The highest BCUT2D eigenvalue weighted by Crippen LogP contribution is 2.26. The van der Waals surface area contributed by atoms with Gasteiger partial charge < -0.3 is 29.3 Å². The third kappa shape index (κ3) is 6.41. The molecule has 8 nitrogen and oxygen atoms in total. The van der Waals surface area contributed by atoms with E-state index in [1.807, 2.05) is 31.2 Å². The summed E-state index contributed by atoms with van der Waals surface area (Å²) in [6, 6.07) is 14.6. The predicted octanol–water partition coefficient (Wildman–Crippen LogP) is 4.06. The van der Waals surface area contributed by atoms with E-state index >= 15 is 0 Å². The molecule has 186 valence electrons. The van der Waals surface area contributed by atoms with Crippen LogP contribution < -0.4 is 15.4 Å². The topological polar surface area (TPSA) is 100 Å². The van der Waals surface area contributed by atoms with Crippen molar-refractivity contribution in [2.75, 3.05) is 37.8 Å². The minimum Gasteiger partial charge on any atom is -0.493 e. The maximum Gasteiger partial charge on any atom is 0.327 e. The van der Waals surface area contributed by atoms with E-state index in [0.717, 1.165) is 43.3 Å². The lowest BCUT2D eigenvalue weighted by atomic mass is 10.1. The summed E-state index contributed by atoms with van der Waals surface area (Å²) in [5.41, 5.74) is 9.66. The second kappa shape index (κ2) is 11.4. The molecular formula is C27H33N3O5. The minimum atomic E-state index is -0.851. The molecule has 35 heavy (non-hydrogen) atoms. The quantitative estimate of drug-likeness (QED) is 0.459. The summed E-state index contributed by atoms with van der Waals surface area (Å²) in [4.78, 5) is 19.1. The third-order valence-electron chi connectivity index (χ3n) is 5.81. The number of esters is 1. The number of carbonyl (C=O) groups excluding carboxylic acids is 1. The highest BCUT2D eigenvalue weighted by Gasteiger charge is 2.19. The smallest absolute Gasteiger partial charge is 0.327 e. The van der Waals surface area contributed by atoms with Crippen LogP contribution in [0.25, 0.3) is 11.5 Å². The van der Waals surface area contributed by atoms with Crippen molar-refractivity contribution in [1.29, 1.82) is 0 Å². The minimum absolute atomic E-state index is 0.216. The highest BCUT2D eigenvalue weighted by molar-refractivity contribution is 5.77. The summed E-state index contributed by atoms with van der Waals surface area (Å²) in [5.74, 6) is 1.55. The fourth-order valence-corrected chi connectivity index (χ4v) is 3.92. The molecule has 0 saturated carbocycles. The summed E-state index contributed by atoms with van der Waals surface area (Å²) in [7, 11) is 0. The molecule has 0 radical (unpaired) electrons. The predicted molar refractivity (Wildman–Crippen MR) is 134 cm³/mol. The van der Waals surface area contributed by atoms with Gasteiger partial charge in [-0.05, 0) is 62.7 Å². The van der Waals surface area contributed by atoms with Crippen molar-refractivity contribution in [3.8, 4) is 17.2 Å². The summed E-state index contributed by atoms with van der Waals surface area (Å²) in [6.07, 6.45) is 0.374. The molecule has 0 amide bonds. The van der Waals surface area contributed by atoms with Gasteiger partial charge in [-0.15, -0.1) is 0 Å². The molecule has 8 heteroatoms. The molecule has 1 aliphatic rings. The van der Waals surface area contributed by atoms with Gasteiger partial charge in [0.2, 0.25) is 5.89 Å². The molecule has 2 aromatic carbocycles. The van der Waals surface area contributed by atoms with Gasteiger partial charge in [-0.2, -0.15) is 0 Å². The molecule has 1 atom stereocenters. The number of rotatable bonds is 9. The van der Waals surface area contributed by atoms with Gasteiger partial charge in [0.05, 0.1) is 31.6 Å². The van der Waals surface area contributed by atoms with Gasteiger partial charge in [-0.25, -0.2) is 9.78 Å². The molecule has 1 unspecified atom stereocenters. The number of ether oxygens (including phenoxy) is 3. The third-order valence-corrected chi connectivity index (χ3v) is 5.81. The van der Waals surface area contributed by atoms with Gasteiger partial charge in [0.1, 0.15) is 17.6 Å². The van der Waals surface area contributed by atoms with Crippen LogP contribution in [0.2, 0.25) is 0 Å². The first-order chi connectivity index (χ1) is 16.9. The van der Waals surface area contributed by atoms with Crippen LogP contribution >= 0.6 is 0 Å². The number of anilines is 1. The maximum atomic E-state index is 12.1. The zero-order valence-electron chi connectivity index (χ0n) is 20.5. The molecule has 3 aromatic rings. The zero-order chi connectivity index (χ0) is 24.8. The van der Waals surface area contributed by atoms with E-state index in [1.54, 1.807) is 26.0 Å². The molecule has 1 fully saturated rings. The van der Waals surface area contributed by atoms with Crippen LogP contribution in [0.1, 0.15) is 36.9 Å². The highest BCUT2D eigenvalue weighted by atomic mass is 16.5. The number of benzene rings is 2. The number of carbonyl (C=O) groups is 1. The Morgan fingerprint density at radius 2 is 1.89 bits per heavy atom. The Kier molecular flexibility index (Phi) is 8.05. The van der Waals surface area contributed by atoms with Crippen molar-refractivity contribution in [2.24, 2.45) is 5.73 Å². The van der Waals surface area contributed by atoms with Gasteiger partial charge in [0.15, 0.2) is 0 Å². The molecule has 1 aliphatic heterocycles. The number of hydrogen-bond donors (Lipinski definition) is 1. The standard InChI is InChI=1S/C27H33N3O5/c1-18(2)34-27(31)25(28)21-5-4-6-23(17-21)33-14-11-24-19(3)35-26(29-24)20-7-9-22(10-8-20)30-12-15-32-16-13-30/h4-10,17-18,25H,11-16,28H2,1-3H3. The Morgan fingerprint density at radius 3 is 2.60 bits per heavy atom. The Bertz CT molecular complexity index is 1120. The van der Waals surface area contributed by atoms with E-state index in [-0.39, 0.29) is 6.10 Å². The molecule has 2 heterocycles. The molecule has 1 aromatic heterocycles. The van der Waals surface area contributed by atoms with E-state index in [1.165, 1.54) is 5.69 Å². The van der Waals surface area contributed by atoms with Crippen LogP contribution in [-0.2, 0) is 20.7 Å². The second-order valence-electron chi connectivity index (χ2n) is 8.80. The molecule has 0 spiro atoms. The number of nitrogens with zero attached hydrogens (tertiary/aromatic N) is 2. The summed E-state index contributed by atoms with van der Waals surface area (Å²) in [6.45, 7) is 9.23. The van der Waals surface area contributed by atoms with Crippen molar-refractivity contribution in [1.82, 2.24) is 4.98 Å². The molecule has 2 N–H and O–H groups in total. The Morgan fingerprint density at radius 1 is 1.14 bits per heavy atom. The lowest BCUT2D eigenvalue weighted by molar-refractivity contribution is -0.149. The molecule has 4 rings (SSSR count). The number of morpholine rings is 1. The van der Waals surface area contributed by atoms with Crippen molar-refractivity contribution >= 4 is 11.7 Å². The Balaban J connectivity index is 1.34. The van der Waals surface area contributed by atoms with E-state index in [9.17, 15) is 4.79 Å². The van der Waals surface area contributed by atoms with Crippen molar-refractivity contribution in [3.05, 3.63) is 65.5 Å². The van der Waals surface area contributed by atoms with Crippen molar-refractivity contribution in [2.45, 2.75) is 39.3 Å². The molecule has 0 bridgehead atoms. The Labute approximate surface area is 206 Å². The number of nitrogens with two attached hydrogens (primary N) is 1. The normalized spacial score (nSPS) is 14.7. The van der Waals surface area contributed by atoms with Crippen LogP contribution in [0.3, 0.4) is 0 Å². The molecule has 0 aliphatic carbocycles. The van der Waals surface area contributed by atoms with Gasteiger partial charge in [0.25, 0.3) is 0 Å². The zero-order valence-corrected chi connectivity index (χ0v) is 20.5. The monoisotopic (exact) mass is 479 g/mol. The Hall–Kier alpha value is -3.36. The average molecular weight is 480 g/mol. The number of hydrogen-bond acceptors (Lipinski definition) is 8. The van der Waals surface area contributed by atoms with Crippen LogP contribution in [-0.4, -0.2) is 50.0 Å². The van der Waals surface area contributed by atoms with E-state index in [0.29, 0.717) is 30.2 Å². The van der Waals surface area contributed by atoms with E-state index < -0.39 is 12.0 Å². The SMILES string of the molecule is Cc1oc(-c2ccc(N3CCOCC3)cc2)nc1CCOc1cccc(C(N)C(=O)OC(C)C)c1. The summed E-state index contributed by atoms with van der Waals surface area (Å²) >= 11 is 0. The number of oxazole rings is 1. The van der Waals surface area contributed by atoms with Crippen molar-refractivity contribution < 1.29 is 23.4 Å². The lowest BCUT2D eigenvalue weighted by Crippen LogP contribution is -2.36. The van der Waals surface area contributed by atoms with Gasteiger partial charge in [-0.3, -0.25) is 0 Å². The van der Waals surface area contributed by atoms with Crippen LogP contribution in [0, 0.1) is 6.92 Å². The largest absolute Gasteiger partial charge is 0.493 e. The fourth-order valence-electron chi connectivity index (χ4n) is 3.92. The summed E-state index contributed by atoms with van der Waals surface area (Å²) < 4.78 is 22.5. The molecule has 1 saturated heterocycles. The van der Waals surface area contributed by atoms with Gasteiger partial charge in [0, 0.05) is 30.8 Å². The first-order valence-corrected chi connectivity index (χ1v) is 12.0. The van der Waals surface area contributed by atoms with Crippen molar-refractivity contribution in [3.63, 3.8) is 0 Å². The van der Waals surface area contributed by atoms with Gasteiger partial charge >= 0.3 is 5.97 Å². The number of aryl methyl sites for hydroxylation is 1. The van der Waals surface area contributed by atoms with Gasteiger partial charge in [-0.1, -0.05) is 12.1 Å². The fraction of sp³-hybridized carbons (Fsp3) is 0.407. The van der Waals surface area contributed by atoms with Crippen LogP contribution in [0.4, 0.5) is 5.69 Å². The van der Waals surface area contributed by atoms with E-state index in [2.05, 4.69) is 22.0 Å².